The lowest BCUT2D eigenvalue weighted by Crippen LogP contribution is -2.23. The zero-order valence-electron chi connectivity index (χ0n) is 12.7. The van der Waals surface area contributed by atoms with E-state index >= 15 is 0 Å². The van der Waals surface area contributed by atoms with Gasteiger partial charge >= 0.3 is 0 Å². The van der Waals surface area contributed by atoms with Crippen molar-refractivity contribution in [2.75, 3.05) is 25.1 Å². The molecule has 3 aromatic rings. The summed E-state index contributed by atoms with van der Waals surface area (Å²) in [7, 11) is 1.61. The van der Waals surface area contributed by atoms with Crippen molar-refractivity contribution in [2.24, 2.45) is 0 Å². The molecule has 0 atom stereocenters. The highest BCUT2D eigenvalue weighted by atomic mass is 16.5. The Morgan fingerprint density at radius 1 is 1.13 bits per heavy atom. The number of methoxy groups -OCH3 is 1. The van der Waals surface area contributed by atoms with Gasteiger partial charge in [-0.25, -0.2) is 0 Å². The SMILES string of the molecule is COc1ccc(-n2nc3nc(N4CCCC4)[nH]c(=O)c3n2)cc1. The fourth-order valence-electron chi connectivity index (χ4n) is 2.72. The molecule has 1 aliphatic rings. The fourth-order valence-corrected chi connectivity index (χ4v) is 2.72. The highest BCUT2D eigenvalue weighted by molar-refractivity contribution is 5.69. The first kappa shape index (κ1) is 13.7. The number of hydrogen-bond donors (Lipinski definition) is 1. The average Bonchev–Trinajstić information content (AvgIpc) is 3.24. The first-order valence-electron chi connectivity index (χ1n) is 7.51. The Labute approximate surface area is 131 Å². The maximum Gasteiger partial charge on any atom is 0.282 e. The summed E-state index contributed by atoms with van der Waals surface area (Å²) >= 11 is 0. The molecule has 1 fully saturated rings. The summed E-state index contributed by atoms with van der Waals surface area (Å²) in [5, 5.41) is 8.58. The maximum absolute atomic E-state index is 12.2. The van der Waals surface area contributed by atoms with Crippen LogP contribution in [-0.4, -0.2) is 45.2 Å². The van der Waals surface area contributed by atoms with Crippen LogP contribution >= 0.6 is 0 Å². The molecule has 1 aliphatic heterocycles. The molecule has 3 heterocycles. The lowest BCUT2D eigenvalue weighted by atomic mass is 10.3. The number of aromatic nitrogens is 5. The number of nitrogens with one attached hydrogen (secondary N) is 1. The zero-order valence-corrected chi connectivity index (χ0v) is 12.7. The van der Waals surface area contributed by atoms with E-state index < -0.39 is 0 Å². The van der Waals surface area contributed by atoms with Crippen molar-refractivity contribution in [2.45, 2.75) is 12.8 Å². The molecular weight excluding hydrogens is 296 g/mol. The summed E-state index contributed by atoms with van der Waals surface area (Å²) in [6.07, 6.45) is 2.22. The van der Waals surface area contributed by atoms with Gasteiger partial charge < -0.3 is 9.64 Å². The Morgan fingerprint density at radius 3 is 2.57 bits per heavy atom. The number of hydrogen-bond acceptors (Lipinski definition) is 6. The minimum Gasteiger partial charge on any atom is -0.497 e. The maximum atomic E-state index is 12.2. The van der Waals surface area contributed by atoms with Gasteiger partial charge in [-0.1, -0.05) is 0 Å². The van der Waals surface area contributed by atoms with Gasteiger partial charge in [0.15, 0.2) is 5.52 Å². The largest absolute Gasteiger partial charge is 0.497 e. The van der Waals surface area contributed by atoms with E-state index in [0.717, 1.165) is 37.4 Å². The first-order valence-corrected chi connectivity index (χ1v) is 7.51. The summed E-state index contributed by atoms with van der Waals surface area (Å²) in [6, 6.07) is 7.29. The highest BCUT2D eigenvalue weighted by Crippen LogP contribution is 2.17. The third-order valence-electron chi connectivity index (χ3n) is 3.96. The normalized spacial score (nSPS) is 14.6. The molecule has 4 rings (SSSR count). The average molecular weight is 312 g/mol. The van der Waals surface area contributed by atoms with Crippen molar-refractivity contribution < 1.29 is 4.74 Å². The molecule has 0 unspecified atom stereocenters. The lowest BCUT2D eigenvalue weighted by Gasteiger charge is -2.14. The van der Waals surface area contributed by atoms with Gasteiger partial charge in [-0.05, 0) is 37.1 Å². The van der Waals surface area contributed by atoms with E-state index in [1.54, 1.807) is 7.11 Å². The van der Waals surface area contributed by atoms with E-state index in [0.29, 0.717) is 11.6 Å². The molecule has 2 aromatic heterocycles. The number of fused-ring (bicyclic) bond motifs is 1. The first-order chi connectivity index (χ1) is 11.2. The number of H-pyrrole nitrogens is 1. The Kier molecular flexibility index (Phi) is 3.22. The van der Waals surface area contributed by atoms with Crippen LogP contribution < -0.4 is 15.2 Å². The molecule has 0 aliphatic carbocycles. The number of nitrogens with zero attached hydrogens (tertiary/aromatic N) is 5. The Hall–Kier alpha value is -2.90. The number of ether oxygens (including phenoxy) is 1. The minimum atomic E-state index is -0.267. The predicted octanol–water partition coefficient (Wildman–Crippen LogP) is 1.11. The molecule has 1 saturated heterocycles. The van der Waals surface area contributed by atoms with E-state index in [2.05, 4.69) is 25.1 Å². The van der Waals surface area contributed by atoms with E-state index in [-0.39, 0.29) is 11.1 Å². The molecule has 8 nitrogen and oxygen atoms in total. The van der Waals surface area contributed by atoms with Crippen LogP contribution in [-0.2, 0) is 0 Å². The molecule has 0 amide bonds. The van der Waals surface area contributed by atoms with Crippen molar-refractivity contribution in [3.05, 3.63) is 34.6 Å². The summed E-state index contributed by atoms with van der Waals surface area (Å²) in [5.41, 5.74) is 1.07. The van der Waals surface area contributed by atoms with E-state index in [1.165, 1.54) is 4.80 Å². The number of rotatable bonds is 3. The molecule has 0 radical (unpaired) electrons. The molecular formula is C15H16N6O2. The van der Waals surface area contributed by atoms with Crippen molar-refractivity contribution >= 4 is 17.1 Å². The quantitative estimate of drug-likeness (QED) is 0.779. The van der Waals surface area contributed by atoms with Crippen LogP contribution in [0.2, 0.25) is 0 Å². The smallest absolute Gasteiger partial charge is 0.282 e. The van der Waals surface area contributed by atoms with Crippen molar-refractivity contribution in [3.8, 4) is 11.4 Å². The van der Waals surface area contributed by atoms with Crippen molar-refractivity contribution in [1.29, 1.82) is 0 Å². The molecule has 0 spiro atoms. The van der Waals surface area contributed by atoms with Gasteiger partial charge in [-0.2, -0.15) is 4.98 Å². The fraction of sp³-hybridized carbons (Fsp3) is 0.333. The molecule has 23 heavy (non-hydrogen) atoms. The van der Waals surface area contributed by atoms with Gasteiger partial charge in [-0.15, -0.1) is 15.0 Å². The zero-order chi connectivity index (χ0) is 15.8. The van der Waals surface area contributed by atoms with Crippen molar-refractivity contribution in [1.82, 2.24) is 25.0 Å². The topological polar surface area (TPSA) is 88.9 Å². The summed E-state index contributed by atoms with van der Waals surface area (Å²) in [6.45, 7) is 1.81. The standard InChI is InChI=1S/C15H16N6O2/c1-23-11-6-4-10(5-7-11)21-18-12-13(19-21)16-15(17-14(12)22)20-8-2-3-9-20/h4-7H,2-3,8-9H2,1H3,(H,16,17,19,22). The van der Waals surface area contributed by atoms with Crippen LogP contribution in [0.1, 0.15) is 12.8 Å². The van der Waals surface area contributed by atoms with Gasteiger partial charge in [0.25, 0.3) is 5.56 Å². The van der Waals surface area contributed by atoms with Crippen LogP contribution in [0.3, 0.4) is 0 Å². The molecule has 8 heteroatoms. The third kappa shape index (κ3) is 2.41. The Bertz CT molecular complexity index is 892. The summed E-state index contributed by atoms with van der Waals surface area (Å²) in [4.78, 5) is 23.0. The van der Waals surface area contributed by atoms with Crippen molar-refractivity contribution in [3.63, 3.8) is 0 Å². The highest BCUT2D eigenvalue weighted by Gasteiger charge is 2.18. The lowest BCUT2D eigenvalue weighted by molar-refractivity contribution is 0.414. The monoisotopic (exact) mass is 312 g/mol. The molecule has 1 N–H and O–H groups in total. The minimum absolute atomic E-state index is 0.240. The summed E-state index contributed by atoms with van der Waals surface area (Å²) < 4.78 is 5.13. The second-order valence-corrected chi connectivity index (χ2v) is 5.44. The van der Waals surface area contributed by atoms with Crippen LogP contribution in [0.25, 0.3) is 16.9 Å². The van der Waals surface area contributed by atoms with Crippen LogP contribution in [0, 0.1) is 0 Å². The predicted molar refractivity (Wildman–Crippen MR) is 85.3 cm³/mol. The summed E-state index contributed by atoms with van der Waals surface area (Å²) in [5.74, 6) is 1.32. The van der Waals surface area contributed by atoms with E-state index in [9.17, 15) is 4.79 Å². The van der Waals surface area contributed by atoms with Gasteiger partial charge in [0.2, 0.25) is 11.6 Å². The number of anilines is 1. The van der Waals surface area contributed by atoms with Gasteiger partial charge in [0, 0.05) is 13.1 Å². The second-order valence-electron chi connectivity index (χ2n) is 5.44. The molecule has 0 bridgehead atoms. The van der Waals surface area contributed by atoms with Crippen LogP contribution in [0.4, 0.5) is 5.95 Å². The van der Waals surface area contributed by atoms with E-state index in [1.807, 2.05) is 24.3 Å². The van der Waals surface area contributed by atoms with Gasteiger partial charge in [-0.3, -0.25) is 9.78 Å². The number of benzene rings is 1. The molecule has 118 valence electrons. The van der Waals surface area contributed by atoms with Gasteiger partial charge in [0.05, 0.1) is 12.8 Å². The Morgan fingerprint density at radius 2 is 1.87 bits per heavy atom. The van der Waals surface area contributed by atoms with Crippen LogP contribution in [0.5, 0.6) is 5.75 Å². The second kappa shape index (κ2) is 5.38. The van der Waals surface area contributed by atoms with E-state index in [4.69, 9.17) is 4.74 Å². The number of aromatic amines is 1. The molecule has 1 aromatic carbocycles. The molecule has 0 saturated carbocycles. The Balaban J connectivity index is 1.77. The van der Waals surface area contributed by atoms with Crippen LogP contribution in [0.15, 0.2) is 29.1 Å². The van der Waals surface area contributed by atoms with Gasteiger partial charge in [0.1, 0.15) is 5.75 Å². The third-order valence-corrected chi connectivity index (χ3v) is 3.96.